The van der Waals surface area contributed by atoms with Crippen LogP contribution >= 0.6 is 0 Å². The molecule has 1 amide bonds. The molecule has 2 saturated carbocycles. The second-order valence-electron chi connectivity index (χ2n) is 10.1. The molecule has 3 aromatic rings. The van der Waals surface area contributed by atoms with Crippen LogP contribution in [0.4, 0.5) is 13.2 Å². The normalized spacial score (nSPS) is 23.1. The van der Waals surface area contributed by atoms with E-state index in [4.69, 9.17) is 5.11 Å². The summed E-state index contributed by atoms with van der Waals surface area (Å²) < 4.78 is 43.0. The minimum absolute atomic E-state index is 0.0160. The lowest BCUT2D eigenvalue weighted by atomic mass is 9.50. The Kier molecular flexibility index (Phi) is 6.29. The lowest BCUT2D eigenvalue weighted by molar-refractivity contribution is -0.276. The van der Waals surface area contributed by atoms with E-state index in [1.165, 1.54) is 12.3 Å². The van der Waals surface area contributed by atoms with Crippen molar-refractivity contribution in [3.05, 3.63) is 53.3 Å². The standard InChI is InChI=1S/C27H25F3N4O4/c1-3-4-16-5-7-20(24(35)33-19-11-26(12-19)9-18(10-26)25(36)37)23-21(16)14-32-34(23)15(2)17-6-8-22(31-13-17)38-27(28,29)30/h5-8,13-15,18-19H,9-12H2,1-2H3,(H,33,35)(H,36,37). The highest BCUT2D eigenvalue weighted by Gasteiger charge is 2.55. The molecular formula is C27H25F3N4O4. The summed E-state index contributed by atoms with van der Waals surface area (Å²) >= 11 is 0. The van der Waals surface area contributed by atoms with Crippen LogP contribution in [0.2, 0.25) is 0 Å². The quantitative estimate of drug-likeness (QED) is 0.452. The zero-order chi connectivity index (χ0) is 27.2. The summed E-state index contributed by atoms with van der Waals surface area (Å²) in [5.41, 5.74) is 2.23. The Balaban J connectivity index is 1.40. The lowest BCUT2D eigenvalue weighted by Crippen LogP contribution is -2.57. The van der Waals surface area contributed by atoms with Crippen molar-refractivity contribution in [3.63, 3.8) is 0 Å². The number of ether oxygens (including phenoxy) is 1. The molecule has 11 heteroatoms. The average Bonchev–Trinajstić information content (AvgIpc) is 3.24. The maximum Gasteiger partial charge on any atom is 0.574 e. The van der Waals surface area contributed by atoms with Crippen molar-refractivity contribution in [2.24, 2.45) is 11.3 Å². The third kappa shape index (κ3) is 4.78. The molecule has 1 spiro atoms. The number of carbonyl (C=O) groups excluding carboxylic acids is 1. The van der Waals surface area contributed by atoms with Crippen molar-refractivity contribution < 1.29 is 32.6 Å². The number of rotatable bonds is 6. The van der Waals surface area contributed by atoms with E-state index in [2.05, 4.69) is 32.0 Å². The number of hydrogen-bond donors (Lipinski definition) is 2. The fourth-order valence-corrected chi connectivity index (χ4v) is 5.69. The summed E-state index contributed by atoms with van der Waals surface area (Å²) in [6.07, 6.45) is 0.857. The Morgan fingerprint density at radius 1 is 1.18 bits per heavy atom. The molecule has 2 heterocycles. The molecular weight excluding hydrogens is 501 g/mol. The van der Waals surface area contributed by atoms with Crippen LogP contribution in [0, 0.1) is 23.2 Å². The minimum Gasteiger partial charge on any atom is -0.481 e. The van der Waals surface area contributed by atoms with Crippen LogP contribution in [0.1, 0.15) is 67.1 Å². The third-order valence-electron chi connectivity index (χ3n) is 7.49. The molecule has 1 aromatic carbocycles. The molecule has 1 unspecified atom stereocenters. The number of pyridine rings is 1. The van der Waals surface area contributed by atoms with Crippen LogP contribution in [-0.4, -0.2) is 44.2 Å². The van der Waals surface area contributed by atoms with Crippen molar-refractivity contribution in [2.75, 3.05) is 0 Å². The molecule has 0 radical (unpaired) electrons. The Labute approximate surface area is 216 Å². The largest absolute Gasteiger partial charge is 0.574 e. The lowest BCUT2D eigenvalue weighted by Gasteiger charge is -2.56. The van der Waals surface area contributed by atoms with Gasteiger partial charge < -0.3 is 15.2 Å². The Bertz CT molecular complexity index is 1460. The molecule has 0 saturated heterocycles. The van der Waals surface area contributed by atoms with E-state index >= 15 is 0 Å². The third-order valence-corrected chi connectivity index (χ3v) is 7.49. The first kappa shape index (κ1) is 25.6. The van der Waals surface area contributed by atoms with Crippen molar-refractivity contribution in [1.82, 2.24) is 20.1 Å². The topological polar surface area (TPSA) is 106 Å². The van der Waals surface area contributed by atoms with E-state index in [9.17, 15) is 22.8 Å². The van der Waals surface area contributed by atoms with Gasteiger partial charge in [0.1, 0.15) is 0 Å². The monoisotopic (exact) mass is 526 g/mol. The fraction of sp³-hybridized carbons (Fsp3) is 0.407. The van der Waals surface area contributed by atoms with Gasteiger partial charge in [0, 0.05) is 29.3 Å². The number of carboxylic acid groups (broad SMARTS) is 1. The van der Waals surface area contributed by atoms with Gasteiger partial charge in [0.05, 0.1) is 29.2 Å². The zero-order valence-corrected chi connectivity index (χ0v) is 20.7. The molecule has 2 fully saturated rings. The maximum atomic E-state index is 13.4. The number of hydrogen-bond acceptors (Lipinski definition) is 5. The highest BCUT2D eigenvalue weighted by atomic mass is 19.4. The van der Waals surface area contributed by atoms with Gasteiger partial charge in [-0.3, -0.25) is 14.3 Å². The molecule has 2 N–H and O–H groups in total. The number of benzene rings is 1. The van der Waals surface area contributed by atoms with Gasteiger partial charge in [-0.05, 0) is 68.7 Å². The summed E-state index contributed by atoms with van der Waals surface area (Å²) in [6.45, 7) is 3.51. The van der Waals surface area contributed by atoms with E-state index in [0.29, 0.717) is 40.4 Å². The molecule has 198 valence electrons. The van der Waals surface area contributed by atoms with Crippen LogP contribution in [-0.2, 0) is 4.79 Å². The van der Waals surface area contributed by atoms with Gasteiger partial charge in [-0.1, -0.05) is 5.92 Å². The van der Waals surface area contributed by atoms with E-state index < -0.39 is 24.3 Å². The van der Waals surface area contributed by atoms with Crippen molar-refractivity contribution in [2.45, 2.75) is 58.0 Å². The number of nitrogens with one attached hydrogen (secondary N) is 1. The summed E-state index contributed by atoms with van der Waals surface area (Å²) in [4.78, 5) is 28.3. The zero-order valence-electron chi connectivity index (χ0n) is 20.7. The molecule has 1 atom stereocenters. The van der Waals surface area contributed by atoms with Crippen molar-refractivity contribution in [3.8, 4) is 17.7 Å². The summed E-state index contributed by atoms with van der Waals surface area (Å²) in [7, 11) is 0. The molecule has 2 aromatic heterocycles. The first-order valence-corrected chi connectivity index (χ1v) is 12.2. The van der Waals surface area contributed by atoms with Gasteiger partial charge in [-0.2, -0.15) is 5.10 Å². The van der Waals surface area contributed by atoms with Crippen LogP contribution in [0.25, 0.3) is 10.9 Å². The SMILES string of the molecule is CC#Cc1ccc(C(=O)NC2CC3(C2)CC(C(=O)O)C3)c2c1cnn2C(C)c1ccc(OC(F)(F)F)nc1. The minimum atomic E-state index is -4.84. The Hall–Kier alpha value is -4.07. The number of halogens is 3. The number of aromatic nitrogens is 3. The molecule has 0 aliphatic heterocycles. The predicted octanol–water partition coefficient (Wildman–Crippen LogP) is 4.68. The molecule has 8 nitrogen and oxygen atoms in total. The number of aliphatic carboxylic acids is 1. The Morgan fingerprint density at radius 3 is 2.53 bits per heavy atom. The van der Waals surface area contributed by atoms with Gasteiger partial charge in [0.2, 0.25) is 5.88 Å². The highest BCUT2D eigenvalue weighted by Crippen LogP contribution is 2.58. The van der Waals surface area contributed by atoms with Gasteiger partial charge in [-0.25, -0.2) is 4.98 Å². The highest BCUT2D eigenvalue weighted by molar-refractivity contribution is 6.07. The molecule has 5 rings (SSSR count). The first-order chi connectivity index (χ1) is 18.0. The maximum absolute atomic E-state index is 13.4. The first-order valence-electron chi connectivity index (χ1n) is 12.2. The van der Waals surface area contributed by atoms with E-state index in [1.54, 1.807) is 36.9 Å². The number of amides is 1. The summed E-state index contributed by atoms with van der Waals surface area (Å²) in [5.74, 6) is 3.98. The average molecular weight is 527 g/mol. The Morgan fingerprint density at radius 2 is 1.92 bits per heavy atom. The van der Waals surface area contributed by atoms with Gasteiger partial charge in [0.25, 0.3) is 5.91 Å². The van der Waals surface area contributed by atoms with Crippen LogP contribution in [0.3, 0.4) is 0 Å². The number of alkyl halides is 3. The smallest absolute Gasteiger partial charge is 0.481 e. The van der Waals surface area contributed by atoms with E-state index in [-0.39, 0.29) is 23.3 Å². The number of carbonyl (C=O) groups is 2. The second kappa shape index (κ2) is 9.35. The van der Waals surface area contributed by atoms with E-state index in [1.807, 2.05) is 0 Å². The molecule has 2 aliphatic carbocycles. The van der Waals surface area contributed by atoms with Crippen LogP contribution < -0.4 is 10.1 Å². The molecule has 38 heavy (non-hydrogen) atoms. The number of nitrogens with zero attached hydrogens (tertiary/aromatic N) is 3. The number of carboxylic acids is 1. The predicted molar refractivity (Wildman–Crippen MR) is 130 cm³/mol. The van der Waals surface area contributed by atoms with Crippen LogP contribution in [0.5, 0.6) is 5.88 Å². The summed E-state index contributed by atoms with van der Waals surface area (Å²) in [5, 5.41) is 17.4. The van der Waals surface area contributed by atoms with Gasteiger partial charge in [-0.15, -0.1) is 19.1 Å². The molecule has 2 aliphatic rings. The second-order valence-corrected chi connectivity index (χ2v) is 10.1. The van der Waals surface area contributed by atoms with Crippen LogP contribution in [0.15, 0.2) is 36.7 Å². The summed E-state index contributed by atoms with van der Waals surface area (Å²) in [6, 6.07) is 5.56. The van der Waals surface area contributed by atoms with Crippen molar-refractivity contribution in [1.29, 1.82) is 0 Å². The number of fused-ring (bicyclic) bond motifs is 1. The van der Waals surface area contributed by atoms with Gasteiger partial charge >= 0.3 is 12.3 Å². The van der Waals surface area contributed by atoms with Gasteiger partial charge in [0.15, 0.2) is 0 Å². The molecule has 0 bridgehead atoms. The fourth-order valence-electron chi connectivity index (χ4n) is 5.69. The van der Waals surface area contributed by atoms with E-state index in [0.717, 1.165) is 18.9 Å². The van der Waals surface area contributed by atoms with Crippen molar-refractivity contribution >= 4 is 22.8 Å².